The highest BCUT2D eigenvalue weighted by Crippen LogP contribution is 2.19. The summed E-state index contributed by atoms with van der Waals surface area (Å²) in [7, 11) is 0. The molecule has 13 heavy (non-hydrogen) atoms. The lowest BCUT2D eigenvalue weighted by Crippen LogP contribution is -2.31. The minimum Gasteiger partial charge on any atom is -0.375 e. The summed E-state index contributed by atoms with van der Waals surface area (Å²) in [5.41, 5.74) is 2.52. The number of hydrogen-bond donors (Lipinski definition) is 0. The van der Waals surface area contributed by atoms with Gasteiger partial charge in [0.05, 0.1) is 0 Å². The zero-order valence-corrected chi connectivity index (χ0v) is 9.14. The Balaban J connectivity index is 2.49. The van der Waals surface area contributed by atoms with Crippen LogP contribution in [-0.4, -0.2) is 18.0 Å². The molecule has 1 aliphatic heterocycles. The minimum absolute atomic E-state index is 0.911. The van der Waals surface area contributed by atoms with Gasteiger partial charge >= 0.3 is 0 Å². The summed E-state index contributed by atoms with van der Waals surface area (Å²) in [6.07, 6.45) is 4.85. The second kappa shape index (κ2) is 4.50. The van der Waals surface area contributed by atoms with Crippen LogP contribution in [0.1, 0.15) is 33.6 Å². The van der Waals surface area contributed by atoms with E-state index in [4.69, 9.17) is 0 Å². The van der Waals surface area contributed by atoms with Gasteiger partial charge in [-0.25, -0.2) is 0 Å². The van der Waals surface area contributed by atoms with Crippen molar-refractivity contribution >= 4 is 0 Å². The maximum absolute atomic E-state index is 3.90. The molecule has 0 spiro atoms. The van der Waals surface area contributed by atoms with Gasteiger partial charge < -0.3 is 4.90 Å². The van der Waals surface area contributed by atoms with Gasteiger partial charge in [-0.2, -0.15) is 0 Å². The molecule has 1 saturated heterocycles. The molecule has 0 aromatic rings. The number of hydrogen-bond acceptors (Lipinski definition) is 1. The molecule has 0 bridgehead atoms. The molecule has 1 rings (SSSR count). The summed E-state index contributed by atoms with van der Waals surface area (Å²) >= 11 is 0. The van der Waals surface area contributed by atoms with Crippen LogP contribution in [0.4, 0.5) is 0 Å². The quantitative estimate of drug-likeness (QED) is 0.588. The van der Waals surface area contributed by atoms with E-state index in [1.54, 1.807) is 0 Å². The van der Waals surface area contributed by atoms with Crippen LogP contribution in [0.15, 0.2) is 23.9 Å². The largest absolute Gasteiger partial charge is 0.375 e. The maximum Gasteiger partial charge on any atom is 0.0177 e. The SMILES string of the molecule is C=C(C)C=C(C)N1CCC(C)CC1. The molecule has 0 amide bonds. The molecule has 0 N–H and O–H groups in total. The molecule has 0 aromatic carbocycles. The van der Waals surface area contributed by atoms with E-state index >= 15 is 0 Å². The van der Waals surface area contributed by atoms with Crippen LogP contribution >= 0.6 is 0 Å². The second-order valence-electron chi connectivity index (χ2n) is 4.30. The van der Waals surface area contributed by atoms with Gasteiger partial charge in [0.25, 0.3) is 0 Å². The van der Waals surface area contributed by atoms with E-state index in [-0.39, 0.29) is 0 Å². The van der Waals surface area contributed by atoms with Crippen molar-refractivity contribution in [3.63, 3.8) is 0 Å². The van der Waals surface area contributed by atoms with E-state index in [9.17, 15) is 0 Å². The Kier molecular flexibility index (Phi) is 3.58. The Hall–Kier alpha value is -0.720. The van der Waals surface area contributed by atoms with Crippen LogP contribution in [0.3, 0.4) is 0 Å². The van der Waals surface area contributed by atoms with Crippen molar-refractivity contribution in [2.45, 2.75) is 33.6 Å². The van der Waals surface area contributed by atoms with Crippen LogP contribution < -0.4 is 0 Å². The van der Waals surface area contributed by atoms with E-state index in [1.807, 2.05) is 0 Å². The molecule has 0 unspecified atom stereocenters. The standard InChI is InChI=1S/C12H21N/c1-10(2)9-12(4)13-7-5-11(3)6-8-13/h9,11H,1,5-8H2,2-4H3. The molecule has 1 fully saturated rings. The highest BCUT2D eigenvalue weighted by Gasteiger charge is 2.15. The van der Waals surface area contributed by atoms with E-state index in [0.717, 1.165) is 11.5 Å². The third-order valence-electron chi connectivity index (χ3n) is 2.74. The summed E-state index contributed by atoms with van der Waals surface area (Å²) in [5, 5.41) is 0. The van der Waals surface area contributed by atoms with Crippen LogP contribution in [0.25, 0.3) is 0 Å². The predicted molar refractivity (Wildman–Crippen MR) is 58.5 cm³/mol. The Morgan fingerprint density at radius 2 is 1.85 bits per heavy atom. The second-order valence-corrected chi connectivity index (χ2v) is 4.30. The molecular weight excluding hydrogens is 158 g/mol. The van der Waals surface area contributed by atoms with Crippen LogP contribution in [-0.2, 0) is 0 Å². The fourth-order valence-electron chi connectivity index (χ4n) is 1.81. The topological polar surface area (TPSA) is 3.24 Å². The van der Waals surface area contributed by atoms with Crippen LogP contribution in [0.5, 0.6) is 0 Å². The lowest BCUT2D eigenvalue weighted by Gasteiger charge is -2.32. The molecule has 0 atom stereocenters. The molecule has 74 valence electrons. The lowest BCUT2D eigenvalue weighted by molar-refractivity contribution is 0.238. The average molecular weight is 179 g/mol. The predicted octanol–water partition coefficient (Wildman–Crippen LogP) is 3.20. The van der Waals surface area contributed by atoms with Gasteiger partial charge in [-0.15, -0.1) is 0 Å². The van der Waals surface area contributed by atoms with Crippen molar-refractivity contribution in [1.82, 2.24) is 4.90 Å². The molecule has 1 aliphatic rings. The Labute approximate surface area is 82.1 Å². The molecule has 1 heteroatoms. The number of allylic oxidation sites excluding steroid dienone is 3. The monoisotopic (exact) mass is 179 g/mol. The first-order chi connectivity index (χ1) is 6.09. The van der Waals surface area contributed by atoms with Crippen molar-refractivity contribution in [1.29, 1.82) is 0 Å². The number of nitrogens with zero attached hydrogens (tertiary/aromatic N) is 1. The summed E-state index contributed by atoms with van der Waals surface area (Å²) in [6.45, 7) is 12.9. The normalized spacial score (nSPS) is 20.5. The van der Waals surface area contributed by atoms with Gasteiger partial charge in [-0.3, -0.25) is 0 Å². The Morgan fingerprint density at radius 1 is 1.31 bits per heavy atom. The highest BCUT2D eigenvalue weighted by atomic mass is 15.1. The van der Waals surface area contributed by atoms with Crippen molar-refractivity contribution in [3.8, 4) is 0 Å². The van der Waals surface area contributed by atoms with Crippen LogP contribution in [0, 0.1) is 5.92 Å². The van der Waals surface area contributed by atoms with Crippen molar-refractivity contribution in [2.24, 2.45) is 5.92 Å². The van der Waals surface area contributed by atoms with Crippen molar-refractivity contribution in [3.05, 3.63) is 23.9 Å². The Bertz CT molecular complexity index is 207. The lowest BCUT2D eigenvalue weighted by atomic mass is 9.99. The van der Waals surface area contributed by atoms with E-state index < -0.39 is 0 Å². The maximum atomic E-state index is 3.90. The molecule has 0 aliphatic carbocycles. The van der Waals surface area contributed by atoms with Gasteiger partial charge in [0.15, 0.2) is 0 Å². The van der Waals surface area contributed by atoms with Gasteiger partial charge in [0.1, 0.15) is 0 Å². The average Bonchev–Trinajstić information content (AvgIpc) is 2.04. The summed E-state index contributed by atoms with van der Waals surface area (Å²) in [5.74, 6) is 0.911. The summed E-state index contributed by atoms with van der Waals surface area (Å²) < 4.78 is 0. The summed E-state index contributed by atoms with van der Waals surface area (Å²) in [4.78, 5) is 2.47. The fraction of sp³-hybridized carbons (Fsp3) is 0.667. The molecular formula is C12H21N. The molecule has 0 radical (unpaired) electrons. The fourth-order valence-corrected chi connectivity index (χ4v) is 1.81. The van der Waals surface area contributed by atoms with E-state index in [0.29, 0.717) is 0 Å². The van der Waals surface area contributed by atoms with Gasteiger partial charge in [0.2, 0.25) is 0 Å². The van der Waals surface area contributed by atoms with Crippen molar-refractivity contribution < 1.29 is 0 Å². The first kappa shape index (κ1) is 10.4. The number of likely N-dealkylation sites (tertiary alicyclic amines) is 1. The minimum atomic E-state index is 0.911. The van der Waals surface area contributed by atoms with Crippen molar-refractivity contribution in [2.75, 3.05) is 13.1 Å². The highest BCUT2D eigenvalue weighted by molar-refractivity contribution is 5.16. The van der Waals surface area contributed by atoms with Crippen LogP contribution in [0.2, 0.25) is 0 Å². The molecule has 1 nitrogen and oxygen atoms in total. The Morgan fingerprint density at radius 3 is 2.31 bits per heavy atom. The first-order valence-corrected chi connectivity index (χ1v) is 5.18. The number of piperidine rings is 1. The van der Waals surface area contributed by atoms with Gasteiger partial charge in [-0.05, 0) is 38.7 Å². The van der Waals surface area contributed by atoms with Gasteiger partial charge in [-0.1, -0.05) is 19.1 Å². The molecule has 1 heterocycles. The summed E-state index contributed by atoms with van der Waals surface area (Å²) in [6, 6.07) is 0. The smallest absolute Gasteiger partial charge is 0.0177 e. The third-order valence-corrected chi connectivity index (χ3v) is 2.74. The third kappa shape index (κ3) is 3.25. The van der Waals surface area contributed by atoms with E-state index in [1.165, 1.54) is 31.6 Å². The van der Waals surface area contributed by atoms with Gasteiger partial charge in [0, 0.05) is 18.8 Å². The zero-order chi connectivity index (χ0) is 9.84. The molecule has 0 aromatic heterocycles. The zero-order valence-electron chi connectivity index (χ0n) is 9.14. The van der Waals surface area contributed by atoms with E-state index in [2.05, 4.69) is 38.3 Å². The molecule has 0 saturated carbocycles. The number of rotatable bonds is 2. The first-order valence-electron chi connectivity index (χ1n) is 5.18.